The number of nitrogens with one attached hydrogen (secondary N) is 1. The molecule has 0 fully saturated rings. The lowest BCUT2D eigenvalue weighted by atomic mass is 10.2. The van der Waals surface area contributed by atoms with Gasteiger partial charge in [0.25, 0.3) is 0 Å². The van der Waals surface area contributed by atoms with Crippen LogP contribution in [0.15, 0.2) is 40.3 Å². The molecule has 0 bridgehead atoms. The molecule has 2 amide bonds. The fourth-order valence-corrected chi connectivity index (χ4v) is 2.97. The molecule has 5 nitrogen and oxygen atoms in total. The first-order chi connectivity index (χ1) is 10.1. The van der Waals surface area contributed by atoms with Gasteiger partial charge in [-0.1, -0.05) is 6.07 Å². The maximum Gasteiger partial charge on any atom is 0.317 e. The Kier molecular flexibility index (Phi) is 5.41. The van der Waals surface area contributed by atoms with Crippen molar-refractivity contribution in [3.05, 3.63) is 46.5 Å². The standard InChI is InChI=1S/C15H21N3O2S/c1-17(2)13(14-7-5-9-21-14)10-16-15(19)18(3)11-12-6-4-8-20-12/h4-9,13H,10-11H2,1-3H3,(H,16,19)/t13-/m1/s1. The van der Waals surface area contributed by atoms with Crippen molar-refractivity contribution in [1.82, 2.24) is 15.1 Å². The average molecular weight is 307 g/mol. The Hall–Kier alpha value is -1.79. The van der Waals surface area contributed by atoms with Crippen molar-refractivity contribution in [3.63, 3.8) is 0 Å². The Morgan fingerprint density at radius 3 is 2.71 bits per heavy atom. The van der Waals surface area contributed by atoms with E-state index < -0.39 is 0 Å². The fourth-order valence-electron chi connectivity index (χ4n) is 2.05. The van der Waals surface area contributed by atoms with Crippen LogP contribution in [-0.2, 0) is 6.54 Å². The van der Waals surface area contributed by atoms with Crippen molar-refractivity contribution < 1.29 is 9.21 Å². The Morgan fingerprint density at radius 2 is 2.14 bits per heavy atom. The van der Waals surface area contributed by atoms with E-state index in [9.17, 15) is 4.79 Å². The topological polar surface area (TPSA) is 48.7 Å². The molecule has 1 N–H and O–H groups in total. The van der Waals surface area contributed by atoms with Crippen LogP contribution in [0.5, 0.6) is 0 Å². The lowest BCUT2D eigenvalue weighted by Gasteiger charge is -2.25. The Balaban J connectivity index is 1.87. The predicted molar refractivity (Wildman–Crippen MR) is 84.3 cm³/mol. The highest BCUT2D eigenvalue weighted by atomic mass is 32.1. The number of amides is 2. The first-order valence-electron chi connectivity index (χ1n) is 6.79. The van der Waals surface area contributed by atoms with Crippen LogP contribution >= 0.6 is 11.3 Å². The molecule has 0 unspecified atom stereocenters. The second kappa shape index (κ2) is 7.28. The van der Waals surface area contributed by atoms with Gasteiger partial charge in [0.1, 0.15) is 5.76 Å². The highest BCUT2D eigenvalue weighted by Gasteiger charge is 2.17. The number of furan rings is 1. The van der Waals surface area contributed by atoms with Crippen molar-refractivity contribution >= 4 is 17.4 Å². The van der Waals surface area contributed by atoms with Crippen molar-refractivity contribution in [2.45, 2.75) is 12.6 Å². The normalized spacial score (nSPS) is 12.4. The number of hydrogen-bond acceptors (Lipinski definition) is 4. The number of urea groups is 1. The van der Waals surface area contributed by atoms with E-state index in [2.05, 4.69) is 21.7 Å². The van der Waals surface area contributed by atoms with Gasteiger partial charge in [0.05, 0.1) is 18.8 Å². The third kappa shape index (κ3) is 4.34. The Bertz CT molecular complexity index is 537. The number of carbonyl (C=O) groups excluding carboxylic acids is 1. The second-order valence-corrected chi connectivity index (χ2v) is 6.10. The van der Waals surface area contributed by atoms with E-state index in [1.54, 1.807) is 29.5 Å². The average Bonchev–Trinajstić information content (AvgIpc) is 3.11. The van der Waals surface area contributed by atoms with E-state index in [1.807, 2.05) is 32.3 Å². The number of rotatable bonds is 6. The molecule has 0 saturated carbocycles. The van der Waals surface area contributed by atoms with E-state index in [-0.39, 0.29) is 12.1 Å². The molecule has 0 aliphatic heterocycles. The van der Waals surface area contributed by atoms with Gasteiger partial charge in [0, 0.05) is 18.5 Å². The van der Waals surface area contributed by atoms with Crippen LogP contribution < -0.4 is 5.32 Å². The molecule has 2 aromatic rings. The van der Waals surface area contributed by atoms with Crippen LogP contribution in [0.1, 0.15) is 16.7 Å². The lowest BCUT2D eigenvalue weighted by molar-refractivity contribution is 0.197. The lowest BCUT2D eigenvalue weighted by Crippen LogP contribution is -2.41. The molecule has 0 aliphatic carbocycles. The molecule has 1 atom stereocenters. The number of thiophene rings is 1. The molecule has 2 aromatic heterocycles. The molecular weight excluding hydrogens is 286 g/mol. The summed E-state index contributed by atoms with van der Waals surface area (Å²) in [5.41, 5.74) is 0. The minimum absolute atomic E-state index is 0.102. The summed E-state index contributed by atoms with van der Waals surface area (Å²) < 4.78 is 5.25. The molecule has 2 rings (SSSR count). The van der Waals surface area contributed by atoms with Gasteiger partial charge in [-0.05, 0) is 37.7 Å². The van der Waals surface area contributed by atoms with E-state index >= 15 is 0 Å². The number of nitrogens with zero attached hydrogens (tertiary/aromatic N) is 2. The number of likely N-dealkylation sites (N-methyl/N-ethyl adjacent to an activating group) is 1. The van der Waals surface area contributed by atoms with Crippen LogP contribution in [0, 0.1) is 0 Å². The fraction of sp³-hybridized carbons (Fsp3) is 0.400. The van der Waals surface area contributed by atoms with Gasteiger partial charge in [-0.25, -0.2) is 4.79 Å². The van der Waals surface area contributed by atoms with Crippen molar-refractivity contribution in [3.8, 4) is 0 Å². The van der Waals surface area contributed by atoms with Crippen molar-refractivity contribution in [2.24, 2.45) is 0 Å². The van der Waals surface area contributed by atoms with Gasteiger partial charge < -0.3 is 19.5 Å². The summed E-state index contributed by atoms with van der Waals surface area (Å²) >= 11 is 1.70. The highest BCUT2D eigenvalue weighted by molar-refractivity contribution is 7.10. The van der Waals surface area contributed by atoms with Crippen LogP contribution in [0.2, 0.25) is 0 Å². The van der Waals surface area contributed by atoms with E-state index in [0.717, 1.165) is 5.76 Å². The minimum Gasteiger partial charge on any atom is -0.467 e. The van der Waals surface area contributed by atoms with Crippen molar-refractivity contribution in [2.75, 3.05) is 27.7 Å². The third-order valence-electron chi connectivity index (χ3n) is 3.26. The predicted octanol–water partition coefficient (Wildman–Crippen LogP) is 2.79. The molecule has 0 saturated heterocycles. The highest BCUT2D eigenvalue weighted by Crippen LogP contribution is 2.22. The summed E-state index contributed by atoms with van der Waals surface area (Å²) in [7, 11) is 5.79. The summed E-state index contributed by atoms with van der Waals surface area (Å²) in [6.45, 7) is 1.04. The molecule has 114 valence electrons. The second-order valence-electron chi connectivity index (χ2n) is 5.12. The van der Waals surface area contributed by atoms with Gasteiger partial charge in [0.2, 0.25) is 0 Å². The Labute approximate surface area is 129 Å². The van der Waals surface area contributed by atoms with E-state index in [1.165, 1.54) is 4.88 Å². The Morgan fingerprint density at radius 1 is 1.33 bits per heavy atom. The SMILES string of the molecule is CN(Cc1ccco1)C(=O)NC[C@H](c1cccs1)N(C)C. The third-order valence-corrected chi connectivity index (χ3v) is 4.23. The van der Waals surface area contributed by atoms with Gasteiger partial charge in [-0.3, -0.25) is 0 Å². The summed E-state index contributed by atoms with van der Waals surface area (Å²) in [4.78, 5) is 17.1. The zero-order valence-corrected chi connectivity index (χ0v) is 13.4. The molecule has 21 heavy (non-hydrogen) atoms. The van der Waals surface area contributed by atoms with Gasteiger partial charge in [-0.2, -0.15) is 0 Å². The van der Waals surface area contributed by atoms with Crippen LogP contribution in [0.4, 0.5) is 4.79 Å². The summed E-state index contributed by atoms with van der Waals surface area (Å²) in [5, 5.41) is 5.03. The van der Waals surface area contributed by atoms with Gasteiger partial charge >= 0.3 is 6.03 Å². The van der Waals surface area contributed by atoms with Gasteiger partial charge in [0.15, 0.2) is 0 Å². The molecule has 0 spiro atoms. The maximum absolute atomic E-state index is 12.1. The number of carbonyl (C=O) groups is 1. The quantitative estimate of drug-likeness (QED) is 0.893. The molecule has 0 radical (unpaired) electrons. The first-order valence-corrected chi connectivity index (χ1v) is 7.67. The summed E-state index contributed by atoms with van der Waals surface area (Å²) in [6, 6.07) is 7.88. The van der Waals surface area contributed by atoms with Gasteiger partial charge in [-0.15, -0.1) is 11.3 Å². The first kappa shape index (κ1) is 15.6. The van der Waals surface area contributed by atoms with Crippen LogP contribution in [0.3, 0.4) is 0 Å². The van der Waals surface area contributed by atoms with E-state index in [4.69, 9.17) is 4.42 Å². The largest absolute Gasteiger partial charge is 0.467 e. The molecular formula is C15H21N3O2S. The maximum atomic E-state index is 12.1. The molecule has 0 aromatic carbocycles. The zero-order valence-electron chi connectivity index (χ0n) is 12.6. The molecule has 6 heteroatoms. The monoisotopic (exact) mass is 307 g/mol. The molecule has 2 heterocycles. The number of hydrogen-bond donors (Lipinski definition) is 1. The summed E-state index contributed by atoms with van der Waals surface area (Å²) in [5.74, 6) is 0.773. The molecule has 0 aliphatic rings. The smallest absolute Gasteiger partial charge is 0.317 e. The summed E-state index contributed by atoms with van der Waals surface area (Å²) in [6.07, 6.45) is 1.61. The zero-order chi connectivity index (χ0) is 15.2. The van der Waals surface area contributed by atoms with Crippen LogP contribution in [-0.4, -0.2) is 43.5 Å². The van der Waals surface area contributed by atoms with Crippen LogP contribution in [0.25, 0.3) is 0 Å². The van der Waals surface area contributed by atoms with Crippen molar-refractivity contribution in [1.29, 1.82) is 0 Å². The minimum atomic E-state index is -0.102. The van der Waals surface area contributed by atoms with E-state index in [0.29, 0.717) is 13.1 Å².